The van der Waals surface area contributed by atoms with E-state index in [1.807, 2.05) is 91.9 Å². The van der Waals surface area contributed by atoms with Crippen LogP contribution in [0.2, 0.25) is 5.02 Å². The number of hydrogen-bond donors (Lipinski definition) is 1. The van der Waals surface area contributed by atoms with Gasteiger partial charge in [-0.2, -0.15) is 4.99 Å². The van der Waals surface area contributed by atoms with Gasteiger partial charge in [-0.05, 0) is 76.3 Å². The number of halogens is 2. The van der Waals surface area contributed by atoms with Gasteiger partial charge < -0.3 is 10.1 Å². The minimum absolute atomic E-state index is 0.0780. The van der Waals surface area contributed by atoms with Crippen LogP contribution in [0.3, 0.4) is 0 Å². The van der Waals surface area contributed by atoms with Crippen LogP contribution in [-0.2, 0) is 21.0 Å². The summed E-state index contributed by atoms with van der Waals surface area (Å²) < 4.78 is 6.56. The molecule has 1 N–H and O–H groups in total. The Balaban J connectivity index is 1.39. The first-order valence-electron chi connectivity index (χ1n) is 16.0. The minimum atomic E-state index is -0.735. The quantitative estimate of drug-likeness (QED) is 0.0880. The zero-order chi connectivity index (χ0) is 36.3. The van der Waals surface area contributed by atoms with Gasteiger partial charge in [-0.3, -0.25) is 19.3 Å². The van der Waals surface area contributed by atoms with E-state index in [-0.39, 0.29) is 22.4 Å². The van der Waals surface area contributed by atoms with Gasteiger partial charge in [0.2, 0.25) is 5.91 Å². The number of nitrogens with one attached hydrogen (secondary N) is 1. The van der Waals surface area contributed by atoms with Crippen molar-refractivity contribution >= 4 is 68.3 Å². The predicted molar refractivity (Wildman–Crippen MR) is 210 cm³/mol. The van der Waals surface area contributed by atoms with Crippen LogP contribution in [0.5, 0.6) is 5.75 Å². The Bertz CT molecular complexity index is 2000. The highest BCUT2D eigenvalue weighted by atomic mass is 79.9. The molecule has 4 aromatic carbocycles. The highest BCUT2D eigenvalue weighted by Gasteiger charge is 2.35. The average Bonchev–Trinajstić information content (AvgIpc) is 3.13. The molecule has 5 rings (SSSR count). The molecule has 1 aliphatic heterocycles. The van der Waals surface area contributed by atoms with Gasteiger partial charge in [-0.15, -0.1) is 0 Å². The standard InChI is InChI=1S/C41H35BrClN3O4S/c1-4-6-20-32(5-2)46-40(49)33(22-29-23-34(42)38(35(43)24-29)50-25-28-15-13-14-27(3)21-28)39(48)45-41(46)51-26-36(47)44-37(30-16-9-7-10-17-30)31-18-11-8-12-19-31/h4-24,37H,1,25-26H2,2-3H3,(H,44,47)/b20-6-,32-5+,33-22+. The number of amidine groups is 1. The summed E-state index contributed by atoms with van der Waals surface area (Å²) in [4.78, 5) is 46.6. The number of thioether (sulfide) groups is 1. The lowest BCUT2D eigenvalue weighted by molar-refractivity contribution is -0.126. The molecule has 0 aromatic heterocycles. The molecule has 0 radical (unpaired) electrons. The van der Waals surface area contributed by atoms with Crippen LogP contribution >= 0.6 is 39.3 Å². The first kappa shape index (κ1) is 37.3. The Kier molecular flexibility index (Phi) is 13.0. The normalized spacial score (nSPS) is 14.3. The Morgan fingerprint density at radius 1 is 1.02 bits per heavy atom. The molecule has 3 amide bonds. The van der Waals surface area contributed by atoms with Crippen molar-refractivity contribution in [2.75, 3.05) is 5.75 Å². The summed E-state index contributed by atoms with van der Waals surface area (Å²) in [6, 6.07) is 30.2. The molecule has 0 unspecified atom stereocenters. The molecule has 1 heterocycles. The van der Waals surface area contributed by atoms with E-state index >= 15 is 0 Å². The van der Waals surface area contributed by atoms with Gasteiger partial charge in [-0.1, -0.05) is 139 Å². The van der Waals surface area contributed by atoms with E-state index in [0.717, 1.165) is 34.0 Å². The molecular weight excluding hydrogens is 746 g/mol. The van der Waals surface area contributed by atoms with Gasteiger partial charge in [0.25, 0.3) is 11.8 Å². The highest BCUT2D eigenvalue weighted by Crippen LogP contribution is 2.36. The van der Waals surface area contributed by atoms with Crippen LogP contribution in [0.4, 0.5) is 0 Å². The fourth-order valence-electron chi connectivity index (χ4n) is 5.32. The van der Waals surface area contributed by atoms with Crippen molar-refractivity contribution in [2.24, 2.45) is 4.99 Å². The number of aryl methyl sites for hydroxylation is 1. The number of amides is 3. The number of benzene rings is 4. The smallest absolute Gasteiger partial charge is 0.285 e. The Labute approximate surface area is 315 Å². The van der Waals surface area contributed by atoms with E-state index in [9.17, 15) is 14.4 Å². The summed E-state index contributed by atoms with van der Waals surface area (Å²) in [5.74, 6) is -1.29. The zero-order valence-corrected chi connectivity index (χ0v) is 31.2. The highest BCUT2D eigenvalue weighted by molar-refractivity contribution is 9.10. The van der Waals surface area contributed by atoms with Crippen molar-refractivity contribution in [1.29, 1.82) is 0 Å². The number of ether oxygens (including phenoxy) is 1. The second-order valence-corrected chi connectivity index (χ2v) is 13.6. The van der Waals surface area contributed by atoms with Gasteiger partial charge in [0.15, 0.2) is 10.9 Å². The molecule has 7 nitrogen and oxygen atoms in total. The van der Waals surface area contributed by atoms with Crippen LogP contribution in [0, 0.1) is 6.92 Å². The Morgan fingerprint density at radius 2 is 1.71 bits per heavy atom. The number of aliphatic imine (C=N–C) groups is 1. The molecule has 0 aliphatic carbocycles. The summed E-state index contributed by atoms with van der Waals surface area (Å²) in [7, 11) is 0. The molecule has 258 valence electrons. The second kappa shape index (κ2) is 17.8. The fraction of sp³-hybridized carbons (Fsp3) is 0.122. The summed E-state index contributed by atoms with van der Waals surface area (Å²) >= 11 is 11.2. The van der Waals surface area contributed by atoms with E-state index in [4.69, 9.17) is 16.3 Å². The second-order valence-electron chi connectivity index (χ2n) is 11.4. The molecule has 10 heteroatoms. The molecular formula is C41H35BrClN3O4S. The first-order chi connectivity index (χ1) is 24.7. The maximum absolute atomic E-state index is 14.1. The molecule has 51 heavy (non-hydrogen) atoms. The number of nitrogens with zero attached hydrogens (tertiary/aromatic N) is 2. The maximum atomic E-state index is 14.1. The third-order valence-corrected chi connectivity index (χ3v) is 9.52. The van der Waals surface area contributed by atoms with Crippen molar-refractivity contribution in [3.05, 3.63) is 177 Å². The molecule has 1 aliphatic rings. The molecule has 4 aromatic rings. The van der Waals surface area contributed by atoms with Crippen LogP contribution in [0.15, 0.2) is 149 Å². The third-order valence-electron chi connectivity index (χ3n) is 7.71. The lowest BCUT2D eigenvalue weighted by Crippen LogP contribution is -2.42. The largest absolute Gasteiger partial charge is 0.486 e. The lowest BCUT2D eigenvalue weighted by Gasteiger charge is -2.28. The van der Waals surface area contributed by atoms with Gasteiger partial charge in [0.05, 0.1) is 21.3 Å². The maximum Gasteiger partial charge on any atom is 0.285 e. The van der Waals surface area contributed by atoms with E-state index in [2.05, 4.69) is 32.8 Å². The molecule has 0 spiro atoms. The molecule has 0 bridgehead atoms. The SMILES string of the molecule is C=C/C=C\C(=C/C)N1C(=O)/C(=C/c2cc(Cl)c(OCc3cccc(C)c3)c(Br)c2)C(=O)N=C1SCC(=O)NC(c1ccccc1)c1ccccc1. The summed E-state index contributed by atoms with van der Waals surface area (Å²) in [6.07, 6.45) is 8.10. The van der Waals surface area contributed by atoms with Crippen molar-refractivity contribution in [3.8, 4) is 5.75 Å². The topological polar surface area (TPSA) is 88.1 Å². The lowest BCUT2D eigenvalue weighted by atomic mass is 9.99. The van der Waals surface area contributed by atoms with Gasteiger partial charge in [0, 0.05) is 5.70 Å². The first-order valence-corrected chi connectivity index (χ1v) is 18.2. The Hall–Kier alpha value is -4.96. The van der Waals surface area contributed by atoms with E-state index < -0.39 is 17.9 Å². The van der Waals surface area contributed by atoms with E-state index in [1.165, 1.54) is 11.0 Å². The van der Waals surface area contributed by atoms with Crippen LogP contribution in [-0.4, -0.2) is 33.5 Å². The average molecular weight is 781 g/mol. The Morgan fingerprint density at radius 3 is 2.31 bits per heavy atom. The zero-order valence-electron chi connectivity index (χ0n) is 28.0. The van der Waals surface area contributed by atoms with Crippen molar-refractivity contribution in [2.45, 2.75) is 26.5 Å². The van der Waals surface area contributed by atoms with Crippen molar-refractivity contribution in [1.82, 2.24) is 10.2 Å². The fourth-order valence-corrected chi connectivity index (χ4v) is 7.12. The molecule has 0 saturated carbocycles. The third kappa shape index (κ3) is 9.64. The van der Waals surface area contributed by atoms with Gasteiger partial charge >= 0.3 is 0 Å². The van der Waals surface area contributed by atoms with E-state index in [1.54, 1.807) is 43.4 Å². The minimum Gasteiger partial charge on any atom is -0.486 e. The monoisotopic (exact) mass is 779 g/mol. The summed E-state index contributed by atoms with van der Waals surface area (Å²) in [6.45, 7) is 7.81. The van der Waals surface area contributed by atoms with E-state index in [0.29, 0.717) is 33.1 Å². The number of carbonyl (C=O) groups is 3. The summed E-state index contributed by atoms with van der Waals surface area (Å²) in [5.41, 5.74) is 4.73. The number of allylic oxidation sites excluding steroid dienone is 4. The van der Waals surface area contributed by atoms with Crippen LogP contribution in [0.25, 0.3) is 6.08 Å². The van der Waals surface area contributed by atoms with Crippen LogP contribution in [0.1, 0.15) is 40.8 Å². The van der Waals surface area contributed by atoms with Gasteiger partial charge in [0.1, 0.15) is 12.2 Å². The summed E-state index contributed by atoms with van der Waals surface area (Å²) in [5, 5.41) is 3.48. The number of rotatable bonds is 12. The predicted octanol–water partition coefficient (Wildman–Crippen LogP) is 9.38. The molecule has 0 fully saturated rings. The van der Waals surface area contributed by atoms with Crippen molar-refractivity contribution in [3.63, 3.8) is 0 Å². The van der Waals surface area contributed by atoms with Crippen molar-refractivity contribution < 1.29 is 19.1 Å². The van der Waals surface area contributed by atoms with Gasteiger partial charge in [-0.25, -0.2) is 0 Å². The number of hydrogen-bond acceptors (Lipinski definition) is 5. The molecule has 0 saturated heterocycles. The number of carbonyl (C=O) groups excluding carboxylic acids is 3. The van der Waals surface area contributed by atoms with Crippen LogP contribution < -0.4 is 10.1 Å². The molecule has 0 atom stereocenters.